The molecule has 6 heteroatoms. The third kappa shape index (κ3) is 2.30. The average Bonchev–Trinajstić information content (AvgIpc) is 2.60. The van der Waals surface area contributed by atoms with Gasteiger partial charge in [0.2, 0.25) is 5.91 Å². The fourth-order valence-electron chi connectivity index (χ4n) is 1.17. The number of nitrogens with one attached hydrogen (secondary N) is 1. The van der Waals surface area contributed by atoms with E-state index in [1.54, 1.807) is 6.07 Å². The van der Waals surface area contributed by atoms with E-state index >= 15 is 0 Å². The van der Waals surface area contributed by atoms with Crippen molar-refractivity contribution in [2.24, 2.45) is 0 Å². The quantitative estimate of drug-likeness (QED) is 0.865. The summed E-state index contributed by atoms with van der Waals surface area (Å²) < 4.78 is 5.12. The van der Waals surface area contributed by atoms with Crippen molar-refractivity contribution >= 4 is 60.9 Å². The summed E-state index contributed by atoms with van der Waals surface area (Å²) in [5.74, 6) is 0.480. The number of fused-ring (bicyclic) bond motifs is 1. The lowest BCUT2D eigenvalue weighted by Gasteiger charge is -1.98. The van der Waals surface area contributed by atoms with Crippen LogP contribution in [0.3, 0.4) is 0 Å². The topological polar surface area (TPSA) is 42.0 Å². The maximum absolute atomic E-state index is 11.2. The number of halogens is 2. The van der Waals surface area contributed by atoms with Crippen LogP contribution in [-0.2, 0) is 4.79 Å². The van der Waals surface area contributed by atoms with Crippen LogP contribution in [0.5, 0.6) is 0 Å². The lowest BCUT2D eigenvalue weighted by atomic mass is 10.2. The molecule has 1 amide bonds. The summed E-state index contributed by atoms with van der Waals surface area (Å²) in [4.78, 5) is 11.2. The Bertz CT molecular complexity index is 514. The van der Waals surface area contributed by atoms with Gasteiger partial charge in [-0.2, -0.15) is 4.37 Å². The highest BCUT2D eigenvalue weighted by Crippen LogP contribution is 2.29. The summed E-state index contributed by atoms with van der Waals surface area (Å²) in [5.41, 5.74) is 0. The number of rotatable bonds is 2. The standard InChI is InChI=1S/C9H6BrClN2OS/c10-4-8(14)12-9-6-2-1-5(11)3-7(6)15-13-9/h1-3H,4H2,(H,12,13,14). The number of hydrogen-bond acceptors (Lipinski definition) is 3. The molecule has 0 atom stereocenters. The van der Waals surface area contributed by atoms with Gasteiger partial charge in [0.05, 0.1) is 10.0 Å². The van der Waals surface area contributed by atoms with Crippen LogP contribution in [0.2, 0.25) is 5.02 Å². The summed E-state index contributed by atoms with van der Waals surface area (Å²) in [6.45, 7) is 0. The monoisotopic (exact) mass is 304 g/mol. The third-order valence-corrected chi connectivity index (χ3v) is 3.37. The Balaban J connectivity index is 2.41. The van der Waals surface area contributed by atoms with Gasteiger partial charge in [0.1, 0.15) is 0 Å². The molecule has 2 aromatic rings. The van der Waals surface area contributed by atoms with E-state index in [4.69, 9.17) is 11.6 Å². The third-order valence-electron chi connectivity index (χ3n) is 1.81. The molecule has 0 unspecified atom stereocenters. The van der Waals surface area contributed by atoms with Crippen molar-refractivity contribution in [1.29, 1.82) is 0 Å². The Labute approximate surface area is 104 Å². The van der Waals surface area contributed by atoms with E-state index in [0.717, 1.165) is 10.1 Å². The Hall–Kier alpha value is -0.650. The molecule has 1 aromatic carbocycles. The zero-order valence-electron chi connectivity index (χ0n) is 7.46. The Kier molecular flexibility index (Phi) is 3.23. The fourth-order valence-corrected chi connectivity index (χ4v) is 2.32. The van der Waals surface area contributed by atoms with Gasteiger partial charge in [-0.05, 0) is 29.7 Å². The van der Waals surface area contributed by atoms with Crippen molar-refractivity contribution in [3.63, 3.8) is 0 Å². The average molecular weight is 306 g/mol. The minimum absolute atomic E-state index is 0.114. The molecule has 2 rings (SSSR count). The van der Waals surface area contributed by atoms with Crippen LogP contribution < -0.4 is 5.32 Å². The van der Waals surface area contributed by atoms with Crippen LogP contribution in [0, 0.1) is 0 Å². The number of anilines is 1. The van der Waals surface area contributed by atoms with Gasteiger partial charge in [-0.25, -0.2) is 0 Å². The molecule has 0 radical (unpaired) electrons. The molecule has 15 heavy (non-hydrogen) atoms. The number of nitrogens with zero attached hydrogens (tertiary/aromatic N) is 1. The summed E-state index contributed by atoms with van der Waals surface area (Å²) in [6.07, 6.45) is 0. The first-order valence-electron chi connectivity index (χ1n) is 4.11. The van der Waals surface area contributed by atoms with Crippen molar-refractivity contribution in [2.75, 3.05) is 10.6 Å². The molecule has 3 nitrogen and oxygen atoms in total. The van der Waals surface area contributed by atoms with Crippen LogP contribution in [0.1, 0.15) is 0 Å². The summed E-state index contributed by atoms with van der Waals surface area (Å²) in [5, 5.41) is 4.55. The molecule has 0 aliphatic carbocycles. The van der Waals surface area contributed by atoms with E-state index in [9.17, 15) is 4.79 Å². The second-order valence-corrected chi connectivity index (χ2v) is 4.66. The van der Waals surface area contributed by atoms with Gasteiger partial charge in [-0.1, -0.05) is 27.5 Å². The van der Waals surface area contributed by atoms with E-state index in [1.165, 1.54) is 11.5 Å². The number of carbonyl (C=O) groups excluding carboxylic acids is 1. The molecule has 1 heterocycles. The molecule has 0 saturated carbocycles. The van der Waals surface area contributed by atoms with Crippen molar-refractivity contribution in [3.05, 3.63) is 23.2 Å². The minimum atomic E-state index is -0.114. The molecule has 0 fully saturated rings. The zero-order valence-corrected chi connectivity index (χ0v) is 10.6. The number of hydrogen-bond donors (Lipinski definition) is 1. The molecule has 0 aliphatic rings. The predicted octanol–water partition coefficient (Wildman–Crippen LogP) is 3.28. The second-order valence-electron chi connectivity index (χ2n) is 2.85. The van der Waals surface area contributed by atoms with E-state index in [-0.39, 0.29) is 11.2 Å². The summed E-state index contributed by atoms with van der Waals surface area (Å²) in [7, 11) is 0. The number of amides is 1. The molecule has 78 valence electrons. The first kappa shape index (κ1) is 10.9. The lowest BCUT2D eigenvalue weighted by molar-refractivity contribution is -0.113. The maximum atomic E-state index is 11.2. The van der Waals surface area contributed by atoms with Gasteiger partial charge in [-0.15, -0.1) is 0 Å². The van der Waals surface area contributed by atoms with E-state index < -0.39 is 0 Å². The first-order valence-corrected chi connectivity index (χ1v) is 6.39. The van der Waals surface area contributed by atoms with Crippen LogP contribution in [0.4, 0.5) is 5.82 Å². The largest absolute Gasteiger partial charge is 0.309 e. The Morgan fingerprint density at radius 3 is 3.13 bits per heavy atom. The maximum Gasteiger partial charge on any atom is 0.236 e. The van der Waals surface area contributed by atoms with Gasteiger partial charge in [-0.3, -0.25) is 4.79 Å². The molecule has 1 N–H and O–H groups in total. The van der Waals surface area contributed by atoms with Crippen molar-refractivity contribution in [1.82, 2.24) is 4.37 Å². The van der Waals surface area contributed by atoms with Gasteiger partial charge < -0.3 is 5.32 Å². The zero-order chi connectivity index (χ0) is 10.8. The van der Waals surface area contributed by atoms with Crippen molar-refractivity contribution < 1.29 is 4.79 Å². The normalized spacial score (nSPS) is 10.5. The van der Waals surface area contributed by atoms with Gasteiger partial charge in [0.15, 0.2) is 5.82 Å². The van der Waals surface area contributed by atoms with Crippen molar-refractivity contribution in [3.8, 4) is 0 Å². The SMILES string of the molecule is O=C(CBr)Nc1nsc2cc(Cl)ccc12. The first-order chi connectivity index (χ1) is 7.20. The van der Waals surface area contributed by atoms with Crippen LogP contribution >= 0.6 is 39.1 Å². The molecule has 1 aromatic heterocycles. The molecular weight excluding hydrogens is 300 g/mol. The van der Waals surface area contributed by atoms with Crippen molar-refractivity contribution in [2.45, 2.75) is 0 Å². The highest BCUT2D eigenvalue weighted by molar-refractivity contribution is 9.09. The summed E-state index contributed by atoms with van der Waals surface area (Å²) in [6, 6.07) is 5.46. The molecule has 0 spiro atoms. The number of benzene rings is 1. The lowest BCUT2D eigenvalue weighted by Crippen LogP contribution is -2.12. The van der Waals surface area contributed by atoms with Gasteiger partial charge in [0.25, 0.3) is 0 Å². The fraction of sp³-hybridized carbons (Fsp3) is 0.111. The molecule has 0 bridgehead atoms. The highest BCUT2D eigenvalue weighted by atomic mass is 79.9. The number of aromatic nitrogens is 1. The van der Waals surface area contributed by atoms with Crippen LogP contribution in [-0.4, -0.2) is 15.6 Å². The molecular formula is C9H6BrClN2OS. The summed E-state index contributed by atoms with van der Waals surface area (Å²) >= 11 is 10.2. The number of alkyl halides is 1. The highest BCUT2D eigenvalue weighted by Gasteiger charge is 2.08. The van der Waals surface area contributed by atoms with Crippen LogP contribution in [0.25, 0.3) is 10.1 Å². The predicted molar refractivity (Wildman–Crippen MR) is 67.1 cm³/mol. The van der Waals surface area contributed by atoms with Gasteiger partial charge >= 0.3 is 0 Å². The smallest absolute Gasteiger partial charge is 0.236 e. The van der Waals surface area contributed by atoms with Crippen LogP contribution in [0.15, 0.2) is 18.2 Å². The van der Waals surface area contributed by atoms with E-state index in [2.05, 4.69) is 25.6 Å². The number of carbonyl (C=O) groups is 1. The van der Waals surface area contributed by atoms with E-state index in [0.29, 0.717) is 10.8 Å². The minimum Gasteiger partial charge on any atom is -0.309 e. The molecule has 0 saturated heterocycles. The Morgan fingerprint density at radius 2 is 2.40 bits per heavy atom. The Morgan fingerprint density at radius 1 is 1.60 bits per heavy atom. The van der Waals surface area contributed by atoms with E-state index in [1.807, 2.05) is 12.1 Å². The molecule has 0 aliphatic heterocycles. The van der Waals surface area contributed by atoms with Gasteiger partial charge in [0, 0.05) is 10.4 Å². The second kappa shape index (κ2) is 4.47.